The highest BCUT2D eigenvalue weighted by Crippen LogP contribution is 2.26. The van der Waals surface area contributed by atoms with Crippen molar-refractivity contribution < 1.29 is 9.34 Å². The number of nitro groups is 1. The zero-order valence-corrected chi connectivity index (χ0v) is 13.1. The van der Waals surface area contributed by atoms with Crippen molar-refractivity contribution in [3.05, 3.63) is 73.4 Å². The lowest BCUT2D eigenvalue weighted by Crippen LogP contribution is -2.19. The van der Waals surface area contributed by atoms with Gasteiger partial charge in [0.05, 0.1) is 16.7 Å². The summed E-state index contributed by atoms with van der Waals surface area (Å²) in [5.74, 6) is 0.476. The molecule has 0 atom stereocenters. The second kappa shape index (κ2) is 6.13. The molecule has 3 aromatic rings. The first-order chi connectivity index (χ1) is 11.0. The number of hydrogen-bond donors (Lipinski definition) is 0. The van der Waals surface area contributed by atoms with E-state index < -0.39 is 10.5 Å². The lowest BCUT2D eigenvalue weighted by Gasteiger charge is -2.01. The fourth-order valence-electron chi connectivity index (χ4n) is 1.96. The fraction of sp³-hybridized carbons (Fsp3) is 0.0714. The van der Waals surface area contributed by atoms with E-state index in [-0.39, 0.29) is 18.1 Å². The van der Waals surface area contributed by atoms with Gasteiger partial charge in [-0.25, -0.2) is 0 Å². The van der Waals surface area contributed by atoms with Gasteiger partial charge >= 0.3 is 0 Å². The Morgan fingerprint density at radius 3 is 2.74 bits per heavy atom. The Bertz CT molecular complexity index is 934. The number of rotatable bonds is 4. The molecule has 0 saturated heterocycles. The van der Waals surface area contributed by atoms with Crippen LogP contribution in [0, 0.1) is 10.1 Å². The Morgan fingerprint density at radius 1 is 1.22 bits per heavy atom. The molecule has 0 unspecified atom stereocenters. The van der Waals surface area contributed by atoms with Crippen LogP contribution in [-0.4, -0.2) is 19.7 Å². The summed E-state index contributed by atoms with van der Waals surface area (Å²) in [6.07, 6.45) is 1.14. The van der Waals surface area contributed by atoms with Crippen LogP contribution in [0.25, 0.3) is 11.5 Å². The Labute approximate surface area is 137 Å². The number of aromatic nitrogens is 3. The molecule has 0 fully saturated rings. The number of nitrogens with zero attached hydrogens (tertiary/aromatic N) is 4. The third-order valence-electron chi connectivity index (χ3n) is 3.06. The van der Waals surface area contributed by atoms with Gasteiger partial charge in [-0.05, 0) is 28.1 Å². The summed E-state index contributed by atoms with van der Waals surface area (Å²) in [7, 11) is 0. The molecule has 0 aliphatic carbocycles. The molecule has 2 heterocycles. The van der Waals surface area contributed by atoms with Crippen molar-refractivity contribution in [1.29, 1.82) is 0 Å². The molecule has 1 aromatic carbocycles. The molecule has 0 amide bonds. The Morgan fingerprint density at radius 2 is 2.00 bits per heavy atom. The molecule has 2 aromatic heterocycles. The van der Waals surface area contributed by atoms with Gasteiger partial charge in [0.2, 0.25) is 11.8 Å². The first-order valence-electron chi connectivity index (χ1n) is 6.47. The summed E-state index contributed by atoms with van der Waals surface area (Å²) in [5, 5.41) is 18.6. The van der Waals surface area contributed by atoms with Crippen LogP contribution in [0.4, 0.5) is 5.69 Å². The van der Waals surface area contributed by atoms with Crippen LogP contribution in [0.3, 0.4) is 0 Å². The molecule has 0 spiro atoms. The summed E-state index contributed by atoms with van der Waals surface area (Å²) in [6, 6.07) is 9.61. The second-order valence-electron chi connectivity index (χ2n) is 4.59. The fourth-order valence-corrected chi connectivity index (χ4v) is 2.41. The van der Waals surface area contributed by atoms with E-state index in [1.54, 1.807) is 6.07 Å². The van der Waals surface area contributed by atoms with Gasteiger partial charge < -0.3 is 4.42 Å². The highest BCUT2D eigenvalue weighted by atomic mass is 79.9. The second-order valence-corrected chi connectivity index (χ2v) is 5.45. The van der Waals surface area contributed by atoms with Gasteiger partial charge in [-0.1, -0.05) is 12.1 Å². The van der Waals surface area contributed by atoms with Crippen LogP contribution in [0.2, 0.25) is 0 Å². The van der Waals surface area contributed by atoms with E-state index in [2.05, 4.69) is 26.1 Å². The monoisotopic (exact) mass is 376 g/mol. The molecule has 0 radical (unpaired) electrons. The molecule has 23 heavy (non-hydrogen) atoms. The van der Waals surface area contributed by atoms with E-state index >= 15 is 0 Å². The predicted molar refractivity (Wildman–Crippen MR) is 83.9 cm³/mol. The van der Waals surface area contributed by atoms with E-state index in [0.717, 1.165) is 32.9 Å². The zero-order valence-electron chi connectivity index (χ0n) is 11.5. The minimum atomic E-state index is -0.573. The average Bonchev–Trinajstić information content (AvgIpc) is 2.98. The minimum absolute atomic E-state index is 0.0437. The van der Waals surface area contributed by atoms with Crippen LogP contribution in [0.1, 0.15) is 5.89 Å². The van der Waals surface area contributed by atoms with E-state index in [1.165, 1.54) is 0 Å². The maximum Gasteiger partial charge on any atom is 0.285 e. The molecule has 0 saturated carbocycles. The third kappa shape index (κ3) is 3.19. The summed E-state index contributed by atoms with van der Waals surface area (Å²) >= 11 is 3.39. The van der Waals surface area contributed by atoms with Gasteiger partial charge in [0.25, 0.3) is 11.2 Å². The van der Waals surface area contributed by atoms with E-state index in [1.807, 2.05) is 18.2 Å². The van der Waals surface area contributed by atoms with Crippen LogP contribution < -0.4 is 5.56 Å². The number of halogens is 1. The maximum absolute atomic E-state index is 11.8. The summed E-state index contributed by atoms with van der Waals surface area (Å²) in [6.45, 7) is -0.0437. The first-order valence-corrected chi connectivity index (χ1v) is 7.26. The van der Waals surface area contributed by atoms with Crippen molar-refractivity contribution in [2.45, 2.75) is 6.54 Å². The van der Waals surface area contributed by atoms with Crippen molar-refractivity contribution in [3.63, 3.8) is 0 Å². The zero-order chi connectivity index (χ0) is 16.4. The van der Waals surface area contributed by atoms with Crippen molar-refractivity contribution in [2.24, 2.45) is 0 Å². The minimum Gasteiger partial charge on any atom is -0.419 e. The summed E-state index contributed by atoms with van der Waals surface area (Å²) < 4.78 is 7.47. The Kier molecular flexibility index (Phi) is 4.02. The molecule has 3 rings (SSSR count). The van der Waals surface area contributed by atoms with Gasteiger partial charge in [-0.3, -0.25) is 19.5 Å². The van der Waals surface area contributed by atoms with E-state index in [0.29, 0.717) is 5.89 Å². The van der Waals surface area contributed by atoms with Crippen molar-refractivity contribution >= 4 is 21.6 Å². The van der Waals surface area contributed by atoms with Gasteiger partial charge in [0, 0.05) is 16.6 Å². The number of benzene rings is 1. The van der Waals surface area contributed by atoms with Crippen molar-refractivity contribution in [3.8, 4) is 11.5 Å². The van der Waals surface area contributed by atoms with E-state index in [4.69, 9.17) is 4.42 Å². The number of hydrogen-bond acceptors (Lipinski definition) is 6. The van der Waals surface area contributed by atoms with Crippen LogP contribution in [0.15, 0.2) is 56.3 Å². The summed E-state index contributed by atoms with van der Waals surface area (Å²) in [4.78, 5) is 22.0. The SMILES string of the molecule is O=c1ccc([N+](=O)[O-])cn1Cc1nnc(-c2ccccc2Br)o1. The standard InChI is InChI=1S/C14H9BrN4O4/c15-11-4-2-1-3-10(11)14-17-16-12(23-14)8-18-7-9(19(21)22)5-6-13(18)20/h1-7H,8H2. The normalized spacial score (nSPS) is 10.7. The van der Waals surface area contributed by atoms with Gasteiger partial charge in [-0.2, -0.15) is 0 Å². The Hall–Kier alpha value is -2.81. The quantitative estimate of drug-likeness (QED) is 0.511. The molecule has 8 nitrogen and oxygen atoms in total. The van der Waals surface area contributed by atoms with Crippen LogP contribution in [-0.2, 0) is 6.54 Å². The maximum atomic E-state index is 11.8. The molecule has 0 aliphatic heterocycles. The van der Waals surface area contributed by atoms with Crippen LogP contribution in [0.5, 0.6) is 0 Å². The molecular weight excluding hydrogens is 368 g/mol. The predicted octanol–water partition coefficient (Wildman–Crippen LogP) is 2.62. The number of pyridine rings is 1. The smallest absolute Gasteiger partial charge is 0.285 e. The first kappa shape index (κ1) is 15.1. The summed E-state index contributed by atoms with van der Waals surface area (Å²) in [5.41, 5.74) is 0.143. The molecule has 0 N–H and O–H groups in total. The highest BCUT2D eigenvalue weighted by molar-refractivity contribution is 9.10. The van der Waals surface area contributed by atoms with Crippen molar-refractivity contribution in [2.75, 3.05) is 0 Å². The Balaban J connectivity index is 1.91. The topological polar surface area (TPSA) is 104 Å². The highest BCUT2D eigenvalue weighted by Gasteiger charge is 2.13. The molecule has 116 valence electrons. The van der Waals surface area contributed by atoms with Crippen LogP contribution >= 0.6 is 15.9 Å². The van der Waals surface area contributed by atoms with Gasteiger partial charge in [-0.15, -0.1) is 10.2 Å². The van der Waals surface area contributed by atoms with E-state index in [9.17, 15) is 14.9 Å². The molecule has 9 heteroatoms. The largest absolute Gasteiger partial charge is 0.419 e. The molecule has 0 aliphatic rings. The lowest BCUT2D eigenvalue weighted by molar-refractivity contribution is -0.385. The lowest BCUT2D eigenvalue weighted by atomic mass is 10.2. The average molecular weight is 377 g/mol. The van der Waals surface area contributed by atoms with Gasteiger partial charge in [0.1, 0.15) is 6.54 Å². The van der Waals surface area contributed by atoms with Crippen molar-refractivity contribution in [1.82, 2.24) is 14.8 Å². The molecule has 0 bridgehead atoms. The molecular formula is C14H9BrN4O4. The van der Waals surface area contributed by atoms with Gasteiger partial charge in [0.15, 0.2) is 0 Å². The third-order valence-corrected chi connectivity index (χ3v) is 3.75.